The van der Waals surface area contributed by atoms with Crippen molar-refractivity contribution in [1.29, 1.82) is 0 Å². The predicted octanol–water partition coefficient (Wildman–Crippen LogP) is 1.90. The number of benzene rings is 1. The molecule has 8 heteroatoms. The van der Waals surface area contributed by atoms with E-state index in [4.69, 9.17) is 14.1 Å². The molecular formula is C19H21N5O3. The summed E-state index contributed by atoms with van der Waals surface area (Å²) in [6.45, 7) is 2.77. The van der Waals surface area contributed by atoms with Crippen LogP contribution in [0.5, 0.6) is 0 Å². The molecule has 0 unspecified atom stereocenters. The standard InChI is InChI=1S/C19H21N5O3/c25-18(12-24-21-14-3-1-2-4-15(14)22-24)23-8-5-17-16(11-23)20-19(27-17)13-6-9-26-10-7-13/h1-4,13H,5-12H2. The first kappa shape index (κ1) is 16.4. The maximum absolute atomic E-state index is 12.7. The largest absolute Gasteiger partial charge is 0.445 e. The Morgan fingerprint density at radius 2 is 1.89 bits per heavy atom. The molecular weight excluding hydrogens is 346 g/mol. The lowest BCUT2D eigenvalue weighted by Crippen LogP contribution is -2.38. The second kappa shape index (κ2) is 6.77. The average Bonchev–Trinajstić information content (AvgIpc) is 3.31. The van der Waals surface area contributed by atoms with Crippen LogP contribution in [0.25, 0.3) is 11.0 Å². The highest BCUT2D eigenvalue weighted by atomic mass is 16.5. The van der Waals surface area contributed by atoms with E-state index >= 15 is 0 Å². The predicted molar refractivity (Wildman–Crippen MR) is 95.9 cm³/mol. The van der Waals surface area contributed by atoms with Crippen molar-refractivity contribution in [1.82, 2.24) is 24.9 Å². The molecule has 2 aromatic heterocycles. The molecule has 0 saturated carbocycles. The van der Waals surface area contributed by atoms with Crippen LogP contribution < -0.4 is 0 Å². The number of amides is 1. The minimum Gasteiger partial charge on any atom is -0.445 e. The Morgan fingerprint density at radius 1 is 1.15 bits per heavy atom. The van der Waals surface area contributed by atoms with E-state index in [1.807, 2.05) is 29.2 Å². The highest BCUT2D eigenvalue weighted by Gasteiger charge is 2.29. The van der Waals surface area contributed by atoms with Crippen LogP contribution in [0, 0.1) is 0 Å². The Kier molecular flexibility index (Phi) is 4.12. The molecule has 1 fully saturated rings. The van der Waals surface area contributed by atoms with Crippen LogP contribution in [0.1, 0.15) is 36.1 Å². The second-order valence-corrected chi connectivity index (χ2v) is 7.09. The summed E-state index contributed by atoms with van der Waals surface area (Å²) in [5.74, 6) is 2.05. The molecule has 0 spiro atoms. The lowest BCUT2D eigenvalue weighted by atomic mass is 10.0. The third-order valence-corrected chi connectivity index (χ3v) is 5.27. The molecule has 2 aliphatic heterocycles. The topological polar surface area (TPSA) is 86.3 Å². The molecule has 0 atom stereocenters. The summed E-state index contributed by atoms with van der Waals surface area (Å²) >= 11 is 0. The van der Waals surface area contributed by atoms with Crippen LogP contribution in [-0.4, -0.2) is 50.5 Å². The van der Waals surface area contributed by atoms with Crippen molar-refractivity contribution in [2.45, 2.75) is 38.3 Å². The summed E-state index contributed by atoms with van der Waals surface area (Å²) in [6, 6.07) is 7.61. The number of ether oxygens (including phenoxy) is 1. The molecule has 0 aliphatic carbocycles. The van der Waals surface area contributed by atoms with Gasteiger partial charge in [-0.15, -0.1) is 0 Å². The van der Waals surface area contributed by atoms with E-state index < -0.39 is 0 Å². The fourth-order valence-corrected chi connectivity index (χ4v) is 3.75. The maximum Gasteiger partial charge on any atom is 0.246 e. The average molecular weight is 367 g/mol. The molecule has 27 heavy (non-hydrogen) atoms. The van der Waals surface area contributed by atoms with Gasteiger partial charge < -0.3 is 14.1 Å². The van der Waals surface area contributed by atoms with Gasteiger partial charge in [0.2, 0.25) is 5.91 Å². The first-order valence-corrected chi connectivity index (χ1v) is 9.40. The summed E-state index contributed by atoms with van der Waals surface area (Å²) < 4.78 is 11.4. The molecule has 2 aliphatic rings. The number of fused-ring (bicyclic) bond motifs is 2. The maximum atomic E-state index is 12.7. The summed E-state index contributed by atoms with van der Waals surface area (Å²) in [7, 11) is 0. The summed E-state index contributed by atoms with van der Waals surface area (Å²) in [4.78, 5) is 20.7. The molecule has 3 aromatic rings. The van der Waals surface area contributed by atoms with E-state index in [0.29, 0.717) is 25.4 Å². The van der Waals surface area contributed by atoms with Gasteiger partial charge >= 0.3 is 0 Å². The van der Waals surface area contributed by atoms with E-state index in [1.165, 1.54) is 4.80 Å². The molecule has 140 valence electrons. The Hall–Kier alpha value is -2.74. The molecule has 0 N–H and O–H groups in total. The van der Waals surface area contributed by atoms with Gasteiger partial charge in [0, 0.05) is 32.1 Å². The van der Waals surface area contributed by atoms with Gasteiger partial charge in [0.05, 0.1) is 6.54 Å². The van der Waals surface area contributed by atoms with Crippen LogP contribution in [0.4, 0.5) is 0 Å². The lowest BCUT2D eigenvalue weighted by molar-refractivity contribution is -0.133. The van der Waals surface area contributed by atoms with Crippen molar-refractivity contribution in [2.75, 3.05) is 19.8 Å². The van der Waals surface area contributed by atoms with E-state index in [9.17, 15) is 4.79 Å². The smallest absolute Gasteiger partial charge is 0.246 e. The highest BCUT2D eigenvalue weighted by molar-refractivity contribution is 5.77. The first-order chi connectivity index (χ1) is 13.3. The van der Waals surface area contributed by atoms with Crippen molar-refractivity contribution in [3.05, 3.63) is 41.6 Å². The molecule has 1 saturated heterocycles. The SMILES string of the molecule is O=C(Cn1nc2ccccc2n1)N1CCc2oc(C3CCOCC3)nc2C1. The zero-order valence-corrected chi connectivity index (χ0v) is 15.0. The van der Waals surface area contributed by atoms with Crippen molar-refractivity contribution < 1.29 is 13.9 Å². The molecule has 1 amide bonds. The van der Waals surface area contributed by atoms with Crippen LogP contribution in [0.15, 0.2) is 28.7 Å². The van der Waals surface area contributed by atoms with Crippen molar-refractivity contribution in [2.24, 2.45) is 0 Å². The van der Waals surface area contributed by atoms with Crippen LogP contribution in [0.3, 0.4) is 0 Å². The van der Waals surface area contributed by atoms with Crippen LogP contribution >= 0.6 is 0 Å². The van der Waals surface area contributed by atoms with Crippen LogP contribution in [-0.2, 0) is 29.0 Å². The molecule has 8 nitrogen and oxygen atoms in total. The Balaban J connectivity index is 1.28. The van der Waals surface area contributed by atoms with Gasteiger partial charge in [-0.3, -0.25) is 4.79 Å². The second-order valence-electron chi connectivity index (χ2n) is 7.09. The molecule has 0 radical (unpaired) electrons. The summed E-state index contributed by atoms with van der Waals surface area (Å²) in [6.07, 6.45) is 2.59. The van der Waals surface area contributed by atoms with Gasteiger partial charge in [-0.25, -0.2) is 4.98 Å². The normalized spacial score (nSPS) is 18.0. The number of hydrogen-bond donors (Lipinski definition) is 0. The lowest BCUT2D eigenvalue weighted by Gasteiger charge is -2.25. The van der Waals surface area contributed by atoms with Crippen molar-refractivity contribution in [3.8, 4) is 0 Å². The summed E-state index contributed by atoms with van der Waals surface area (Å²) in [5.41, 5.74) is 2.47. The third-order valence-electron chi connectivity index (χ3n) is 5.27. The van der Waals surface area contributed by atoms with E-state index in [0.717, 1.165) is 54.4 Å². The minimum atomic E-state index is -0.00317. The molecule has 1 aromatic carbocycles. The monoisotopic (exact) mass is 367 g/mol. The number of oxazole rings is 1. The highest BCUT2D eigenvalue weighted by Crippen LogP contribution is 2.30. The number of carbonyl (C=O) groups is 1. The van der Waals surface area contributed by atoms with Crippen molar-refractivity contribution in [3.63, 3.8) is 0 Å². The summed E-state index contributed by atoms with van der Waals surface area (Å²) in [5, 5.41) is 8.74. The zero-order valence-electron chi connectivity index (χ0n) is 15.0. The number of nitrogens with zero attached hydrogens (tertiary/aromatic N) is 5. The Morgan fingerprint density at radius 3 is 2.63 bits per heavy atom. The molecule has 0 bridgehead atoms. The van der Waals surface area contributed by atoms with Gasteiger partial charge in [0.25, 0.3) is 0 Å². The number of aromatic nitrogens is 4. The Labute approximate surface area is 156 Å². The van der Waals surface area contributed by atoms with Gasteiger partial charge in [0.1, 0.15) is 29.0 Å². The Bertz CT molecular complexity index is 940. The quantitative estimate of drug-likeness (QED) is 0.703. The van der Waals surface area contributed by atoms with Gasteiger partial charge in [-0.2, -0.15) is 15.0 Å². The number of rotatable bonds is 3. The number of carbonyl (C=O) groups excluding carboxylic acids is 1. The third kappa shape index (κ3) is 3.21. The molecule has 4 heterocycles. The fourth-order valence-electron chi connectivity index (χ4n) is 3.75. The number of hydrogen-bond acceptors (Lipinski definition) is 6. The van der Waals surface area contributed by atoms with Crippen molar-refractivity contribution >= 4 is 16.9 Å². The van der Waals surface area contributed by atoms with E-state index in [2.05, 4.69) is 10.2 Å². The van der Waals surface area contributed by atoms with Gasteiger partial charge in [-0.1, -0.05) is 12.1 Å². The fraction of sp³-hybridized carbons (Fsp3) is 0.474. The minimum absolute atomic E-state index is 0.00317. The first-order valence-electron chi connectivity index (χ1n) is 9.40. The van der Waals surface area contributed by atoms with Crippen LogP contribution in [0.2, 0.25) is 0 Å². The van der Waals surface area contributed by atoms with Gasteiger partial charge in [-0.05, 0) is 25.0 Å². The van der Waals surface area contributed by atoms with E-state index in [-0.39, 0.29) is 12.5 Å². The zero-order chi connectivity index (χ0) is 18.2. The van der Waals surface area contributed by atoms with Gasteiger partial charge in [0.15, 0.2) is 5.89 Å². The van der Waals surface area contributed by atoms with E-state index in [1.54, 1.807) is 0 Å². The molecule has 5 rings (SSSR count).